The van der Waals surface area contributed by atoms with Crippen LogP contribution in [0.2, 0.25) is 10.0 Å². The number of nitrogens with zero attached hydrogens (tertiary/aromatic N) is 2. The maximum absolute atomic E-state index is 6.52. The second-order valence-corrected chi connectivity index (χ2v) is 8.02. The van der Waals surface area contributed by atoms with Crippen molar-refractivity contribution < 1.29 is 0 Å². The number of amidine groups is 2. The van der Waals surface area contributed by atoms with Gasteiger partial charge in [0.2, 0.25) is 0 Å². The van der Waals surface area contributed by atoms with Crippen LogP contribution in [0.15, 0.2) is 46.4 Å². The summed E-state index contributed by atoms with van der Waals surface area (Å²) >= 11 is 13.0. The first kappa shape index (κ1) is 19.3. The molecule has 2 heterocycles. The third kappa shape index (κ3) is 4.68. The summed E-state index contributed by atoms with van der Waals surface area (Å²) in [7, 11) is 0. The number of nitrogens with one attached hydrogen (secondary N) is 2. The molecule has 4 nitrogen and oxygen atoms in total. The highest BCUT2D eigenvalue weighted by molar-refractivity contribution is 6.35. The Hall–Kier alpha value is -2.04. The third-order valence-corrected chi connectivity index (χ3v) is 5.70. The molecule has 0 spiro atoms. The number of anilines is 2. The van der Waals surface area contributed by atoms with Gasteiger partial charge in [-0.1, -0.05) is 35.3 Å². The first-order valence-corrected chi connectivity index (χ1v) is 10.6. The quantitative estimate of drug-likeness (QED) is 0.590. The molecule has 0 aliphatic carbocycles. The minimum atomic E-state index is 0.681. The van der Waals surface area contributed by atoms with Gasteiger partial charge < -0.3 is 10.6 Å². The molecule has 0 saturated carbocycles. The molecule has 0 amide bonds. The lowest BCUT2D eigenvalue weighted by molar-refractivity contribution is 0.737. The Balaban J connectivity index is 1.50. The summed E-state index contributed by atoms with van der Waals surface area (Å²) in [5.74, 6) is 2.04. The van der Waals surface area contributed by atoms with Crippen molar-refractivity contribution in [3.63, 3.8) is 0 Å². The second-order valence-electron chi connectivity index (χ2n) is 7.21. The van der Waals surface area contributed by atoms with Crippen LogP contribution in [0.5, 0.6) is 0 Å². The summed E-state index contributed by atoms with van der Waals surface area (Å²) in [5, 5.41) is 8.09. The fourth-order valence-corrected chi connectivity index (χ4v) is 3.96. The summed E-state index contributed by atoms with van der Waals surface area (Å²) in [6, 6.07) is 12.1. The highest BCUT2D eigenvalue weighted by Gasteiger charge is 2.11. The molecule has 0 unspecified atom stereocenters. The van der Waals surface area contributed by atoms with Crippen molar-refractivity contribution >= 4 is 46.2 Å². The minimum Gasteiger partial charge on any atom is -0.343 e. The SMILES string of the molecule is Clc1cc(-c2ccc(NC3=NCCCC3)c(Cl)c2)ccc1NC1=NCCCC1. The molecule has 28 heavy (non-hydrogen) atoms. The van der Waals surface area contributed by atoms with Crippen LogP contribution in [-0.4, -0.2) is 24.8 Å². The molecule has 2 N–H and O–H groups in total. The van der Waals surface area contributed by atoms with Crippen LogP contribution in [0, 0.1) is 0 Å². The van der Waals surface area contributed by atoms with Gasteiger partial charge in [0.15, 0.2) is 0 Å². The van der Waals surface area contributed by atoms with Gasteiger partial charge in [-0.05, 0) is 61.1 Å². The third-order valence-electron chi connectivity index (χ3n) is 5.08. The lowest BCUT2D eigenvalue weighted by Gasteiger charge is -2.16. The predicted octanol–water partition coefficient (Wildman–Crippen LogP) is 6.65. The maximum Gasteiger partial charge on any atom is 0.101 e. The van der Waals surface area contributed by atoms with Crippen molar-refractivity contribution in [2.24, 2.45) is 9.98 Å². The summed E-state index contributed by atoms with van der Waals surface area (Å²) in [6.07, 6.45) is 6.63. The van der Waals surface area contributed by atoms with E-state index in [0.717, 1.165) is 72.9 Å². The van der Waals surface area contributed by atoms with Crippen LogP contribution in [0.1, 0.15) is 38.5 Å². The van der Waals surface area contributed by atoms with E-state index in [1.54, 1.807) is 0 Å². The molecule has 6 heteroatoms. The number of aliphatic imine (C=N–C) groups is 2. The summed E-state index contributed by atoms with van der Waals surface area (Å²) in [5.41, 5.74) is 3.85. The Morgan fingerprint density at radius 1 is 0.643 bits per heavy atom. The van der Waals surface area contributed by atoms with Gasteiger partial charge in [0.1, 0.15) is 11.7 Å². The summed E-state index contributed by atoms with van der Waals surface area (Å²) in [4.78, 5) is 9.06. The monoisotopic (exact) mass is 414 g/mol. The highest BCUT2D eigenvalue weighted by atomic mass is 35.5. The Morgan fingerprint density at radius 3 is 1.46 bits per heavy atom. The zero-order chi connectivity index (χ0) is 19.3. The van der Waals surface area contributed by atoms with Crippen molar-refractivity contribution in [2.75, 3.05) is 23.7 Å². The molecule has 2 aromatic carbocycles. The zero-order valence-electron chi connectivity index (χ0n) is 15.8. The van der Waals surface area contributed by atoms with Gasteiger partial charge >= 0.3 is 0 Å². The lowest BCUT2D eigenvalue weighted by atomic mass is 10.0. The van der Waals surface area contributed by atoms with E-state index in [2.05, 4.69) is 32.8 Å². The maximum atomic E-state index is 6.52. The molecule has 0 aromatic heterocycles. The van der Waals surface area contributed by atoms with Gasteiger partial charge in [0.05, 0.1) is 21.4 Å². The minimum absolute atomic E-state index is 0.681. The fourth-order valence-electron chi connectivity index (χ4n) is 3.50. The van der Waals surface area contributed by atoms with Crippen LogP contribution < -0.4 is 10.6 Å². The molecule has 0 saturated heterocycles. The van der Waals surface area contributed by atoms with Crippen LogP contribution in [0.25, 0.3) is 11.1 Å². The normalized spacial score (nSPS) is 16.9. The van der Waals surface area contributed by atoms with Gasteiger partial charge in [-0.25, -0.2) is 0 Å². The Labute approximate surface area is 176 Å². The average molecular weight is 415 g/mol. The van der Waals surface area contributed by atoms with Crippen LogP contribution in [0.4, 0.5) is 11.4 Å². The lowest BCUT2D eigenvalue weighted by Crippen LogP contribution is -2.16. The molecule has 0 fully saturated rings. The second kappa shape index (κ2) is 8.97. The van der Waals surface area contributed by atoms with Gasteiger partial charge in [0, 0.05) is 25.9 Å². The molecule has 0 atom stereocenters. The standard InChI is InChI=1S/C22H24Cl2N4/c23-17-13-15(7-9-19(17)27-21-5-1-3-11-25-21)16-8-10-20(18(24)14-16)28-22-6-2-4-12-26-22/h7-10,13-14H,1-6,11-12H2,(H,25,27)(H,26,28). The molecule has 2 aliphatic rings. The predicted molar refractivity (Wildman–Crippen MR) is 121 cm³/mol. The van der Waals surface area contributed by atoms with Crippen molar-refractivity contribution in [2.45, 2.75) is 38.5 Å². The average Bonchev–Trinajstić information content (AvgIpc) is 2.72. The van der Waals surface area contributed by atoms with Gasteiger partial charge in [-0.3, -0.25) is 9.98 Å². The largest absolute Gasteiger partial charge is 0.343 e. The molecule has 4 rings (SSSR count). The van der Waals surface area contributed by atoms with Crippen molar-refractivity contribution in [3.05, 3.63) is 46.4 Å². The van der Waals surface area contributed by atoms with Crippen LogP contribution in [0.3, 0.4) is 0 Å². The van der Waals surface area contributed by atoms with E-state index < -0.39 is 0 Å². The Morgan fingerprint density at radius 2 is 1.11 bits per heavy atom. The van der Waals surface area contributed by atoms with Crippen LogP contribution in [-0.2, 0) is 0 Å². The van der Waals surface area contributed by atoms with E-state index >= 15 is 0 Å². The van der Waals surface area contributed by atoms with E-state index in [4.69, 9.17) is 23.2 Å². The first-order chi connectivity index (χ1) is 13.7. The fraction of sp³-hybridized carbons (Fsp3) is 0.364. The van der Waals surface area contributed by atoms with Crippen molar-refractivity contribution in [1.82, 2.24) is 0 Å². The molecular formula is C22H24Cl2N4. The first-order valence-electron chi connectivity index (χ1n) is 9.89. The van der Waals surface area contributed by atoms with Crippen molar-refractivity contribution in [3.8, 4) is 11.1 Å². The summed E-state index contributed by atoms with van der Waals surface area (Å²) < 4.78 is 0. The zero-order valence-corrected chi connectivity index (χ0v) is 17.3. The molecule has 2 aromatic rings. The van der Waals surface area contributed by atoms with Crippen LogP contribution >= 0.6 is 23.2 Å². The van der Waals surface area contributed by atoms with E-state index in [-0.39, 0.29) is 0 Å². The number of hydrogen-bond donors (Lipinski definition) is 2. The number of benzene rings is 2. The van der Waals surface area contributed by atoms with E-state index in [9.17, 15) is 0 Å². The molecule has 2 aliphatic heterocycles. The Bertz CT molecular complexity index is 845. The van der Waals surface area contributed by atoms with Gasteiger partial charge in [-0.15, -0.1) is 0 Å². The topological polar surface area (TPSA) is 48.8 Å². The number of hydrogen-bond acceptors (Lipinski definition) is 4. The summed E-state index contributed by atoms with van der Waals surface area (Å²) in [6.45, 7) is 1.78. The molecule has 0 radical (unpaired) electrons. The van der Waals surface area contributed by atoms with E-state index in [0.29, 0.717) is 10.0 Å². The molecule has 146 valence electrons. The van der Waals surface area contributed by atoms with Gasteiger partial charge in [-0.2, -0.15) is 0 Å². The number of rotatable bonds is 3. The van der Waals surface area contributed by atoms with Gasteiger partial charge in [0.25, 0.3) is 0 Å². The smallest absolute Gasteiger partial charge is 0.101 e. The van der Waals surface area contributed by atoms with E-state index in [1.165, 1.54) is 12.8 Å². The highest BCUT2D eigenvalue weighted by Crippen LogP contribution is 2.33. The Kier molecular flexibility index (Phi) is 6.18. The molecule has 0 bridgehead atoms. The number of halogens is 2. The van der Waals surface area contributed by atoms with Crippen molar-refractivity contribution in [1.29, 1.82) is 0 Å². The molecular weight excluding hydrogens is 391 g/mol. The van der Waals surface area contributed by atoms with E-state index in [1.807, 2.05) is 24.3 Å².